The minimum atomic E-state index is 0.00608. The first-order chi connectivity index (χ1) is 6.70. The van der Waals surface area contributed by atoms with Gasteiger partial charge in [0.25, 0.3) is 0 Å². The highest BCUT2D eigenvalue weighted by Crippen LogP contribution is 2.05. The van der Waals surface area contributed by atoms with Crippen molar-refractivity contribution in [1.29, 1.82) is 0 Å². The van der Waals surface area contributed by atoms with Crippen LogP contribution < -0.4 is 0 Å². The average molecular weight is 205 g/mol. The molecule has 2 N–H and O–H groups in total. The smallest absolute Gasteiger partial charge is 0.0837 e. The predicted octanol–water partition coefficient (Wildman–Crippen LogP) is 1.49. The molecule has 0 atom stereocenters. The quantitative estimate of drug-likeness (QED) is 0.357. The van der Waals surface area contributed by atoms with E-state index in [1.165, 1.54) is 0 Å². The van der Waals surface area contributed by atoms with Crippen LogP contribution in [-0.2, 0) is 4.99 Å². The van der Waals surface area contributed by atoms with Gasteiger partial charge in [0, 0.05) is 6.54 Å². The van der Waals surface area contributed by atoms with Crippen LogP contribution in [0.2, 0.25) is 0 Å². The average Bonchev–Trinajstić information content (AvgIpc) is 2.13. The van der Waals surface area contributed by atoms with Gasteiger partial charge in [0.15, 0.2) is 0 Å². The van der Waals surface area contributed by atoms with Gasteiger partial charge in [0.1, 0.15) is 0 Å². The molecule has 14 heavy (non-hydrogen) atoms. The molecule has 0 aromatic rings. The van der Waals surface area contributed by atoms with Crippen LogP contribution >= 0.6 is 0 Å². The van der Waals surface area contributed by atoms with Gasteiger partial charge in [-0.25, -0.2) is 4.99 Å². The largest absolute Gasteiger partial charge is 0.394 e. The fourth-order valence-corrected chi connectivity index (χ4v) is 1.07. The third-order valence-corrected chi connectivity index (χ3v) is 1.76. The van der Waals surface area contributed by atoms with Crippen molar-refractivity contribution in [2.24, 2.45) is 16.4 Å². The van der Waals surface area contributed by atoms with Gasteiger partial charge >= 0.3 is 0 Å². The van der Waals surface area contributed by atoms with Crippen molar-refractivity contribution < 1.29 is 15.4 Å². The van der Waals surface area contributed by atoms with E-state index < -0.39 is 0 Å². The van der Waals surface area contributed by atoms with Gasteiger partial charge in [-0.3, -0.25) is 5.01 Å². The van der Waals surface area contributed by atoms with E-state index in [-0.39, 0.29) is 6.61 Å². The first-order valence-corrected chi connectivity index (χ1v) is 4.78. The lowest BCUT2D eigenvalue weighted by Gasteiger charge is -2.15. The second-order valence-electron chi connectivity index (χ2n) is 3.47. The van der Waals surface area contributed by atoms with E-state index in [1.54, 1.807) is 5.01 Å². The molecule has 6 heteroatoms. The van der Waals surface area contributed by atoms with E-state index in [2.05, 4.69) is 29.3 Å². The number of aliphatic hydroxyl groups excluding tert-OH is 1. The maximum atomic E-state index is 8.70. The third kappa shape index (κ3) is 7.75. The molecule has 0 unspecified atom stereocenters. The number of nitrogens with zero attached hydrogens (tertiary/aromatic N) is 3. The minimum Gasteiger partial charge on any atom is -0.394 e. The predicted molar refractivity (Wildman–Crippen MR) is 51.3 cm³/mol. The Hall–Kier alpha value is -0.880. The summed E-state index contributed by atoms with van der Waals surface area (Å²) < 4.78 is 0. The molecule has 0 aromatic carbocycles. The molecule has 0 aliphatic carbocycles. The van der Waals surface area contributed by atoms with Gasteiger partial charge in [-0.15, -0.1) is 0 Å². The van der Waals surface area contributed by atoms with Gasteiger partial charge in [-0.1, -0.05) is 13.8 Å². The monoisotopic (exact) mass is 205 g/mol. The summed E-state index contributed by atoms with van der Waals surface area (Å²) in [6.07, 6.45) is 2.07. The molecule has 0 saturated carbocycles. The molecule has 6 nitrogen and oxygen atoms in total. The zero-order valence-corrected chi connectivity index (χ0v) is 8.76. The Labute approximate surface area is 84.1 Å². The van der Waals surface area contributed by atoms with Crippen LogP contribution in [0.4, 0.5) is 0 Å². The molecule has 0 heterocycles. The molecule has 0 aromatic heterocycles. The lowest BCUT2D eigenvalue weighted by Crippen LogP contribution is -2.22. The molecule has 0 saturated heterocycles. The molecule has 0 fully saturated rings. The molecular formula is C8H19N3O3. The molecule has 0 bridgehead atoms. The summed E-state index contributed by atoms with van der Waals surface area (Å²) in [5.74, 6) is 0.650. The third-order valence-electron chi connectivity index (χ3n) is 1.76. The zero-order valence-electron chi connectivity index (χ0n) is 8.76. The van der Waals surface area contributed by atoms with Gasteiger partial charge in [-0.2, -0.15) is 5.26 Å². The van der Waals surface area contributed by atoms with Crippen molar-refractivity contribution in [3.05, 3.63) is 0 Å². The van der Waals surface area contributed by atoms with Crippen molar-refractivity contribution in [1.82, 2.24) is 5.01 Å². The van der Waals surface area contributed by atoms with Gasteiger partial charge in [-0.05, 0) is 24.0 Å². The van der Waals surface area contributed by atoms with E-state index in [0.717, 1.165) is 12.8 Å². The van der Waals surface area contributed by atoms with E-state index >= 15 is 0 Å². The molecule has 84 valence electrons. The number of rotatable bonds is 8. The maximum Gasteiger partial charge on any atom is 0.0837 e. The summed E-state index contributed by atoms with van der Waals surface area (Å²) in [7, 11) is 0. The molecule has 0 amide bonds. The van der Waals surface area contributed by atoms with Crippen LogP contribution in [0.25, 0.3) is 0 Å². The minimum absolute atomic E-state index is 0.00608. The zero-order chi connectivity index (χ0) is 10.8. The van der Waals surface area contributed by atoms with Crippen molar-refractivity contribution >= 4 is 0 Å². The fourth-order valence-electron chi connectivity index (χ4n) is 1.07. The number of hydrogen-bond acceptors (Lipinski definition) is 5. The highest BCUT2D eigenvalue weighted by atomic mass is 17.2. The highest BCUT2D eigenvalue weighted by Gasteiger charge is 2.01. The Balaban J connectivity index is 3.67. The standard InChI is InChI=1S/C8H19N3O3/c1-8(2)4-3-5-11(6-7-12)9-10-14-13/h8,12-13H,3-7H2,1-2H3/b10-9+. The van der Waals surface area contributed by atoms with Crippen LogP contribution in [-0.4, -0.2) is 35.1 Å². The molecule has 0 aliphatic heterocycles. The summed E-state index contributed by atoms with van der Waals surface area (Å²) in [5, 5.41) is 24.7. The van der Waals surface area contributed by atoms with Crippen LogP contribution in [0, 0.1) is 5.92 Å². The highest BCUT2D eigenvalue weighted by molar-refractivity contribution is 4.52. The topological polar surface area (TPSA) is 77.7 Å². The Morgan fingerprint density at radius 3 is 2.57 bits per heavy atom. The lowest BCUT2D eigenvalue weighted by atomic mass is 10.1. The van der Waals surface area contributed by atoms with Crippen molar-refractivity contribution in [3.8, 4) is 0 Å². The number of aliphatic hydroxyl groups is 1. The summed E-state index contributed by atoms with van der Waals surface area (Å²) in [6.45, 7) is 5.39. The molecule has 0 spiro atoms. The summed E-state index contributed by atoms with van der Waals surface area (Å²) in [4.78, 5) is 3.48. The second-order valence-corrected chi connectivity index (χ2v) is 3.47. The fraction of sp³-hybridized carbons (Fsp3) is 1.00. The molecular weight excluding hydrogens is 186 g/mol. The Morgan fingerprint density at radius 2 is 2.07 bits per heavy atom. The van der Waals surface area contributed by atoms with Crippen molar-refractivity contribution in [2.75, 3.05) is 19.7 Å². The van der Waals surface area contributed by atoms with E-state index in [1.807, 2.05) is 0 Å². The Kier molecular flexibility index (Phi) is 8.16. The van der Waals surface area contributed by atoms with Gasteiger partial charge in [0.05, 0.1) is 18.4 Å². The SMILES string of the molecule is CC(C)CCCN(CCO)/N=N/OO. The first-order valence-electron chi connectivity index (χ1n) is 4.78. The van der Waals surface area contributed by atoms with Crippen molar-refractivity contribution in [3.63, 3.8) is 0 Å². The first kappa shape index (κ1) is 13.1. The van der Waals surface area contributed by atoms with Gasteiger partial charge < -0.3 is 5.11 Å². The van der Waals surface area contributed by atoms with E-state index in [9.17, 15) is 0 Å². The van der Waals surface area contributed by atoms with E-state index in [0.29, 0.717) is 19.0 Å². The normalized spacial score (nSPS) is 11.2. The number of hydrogen-bond donors (Lipinski definition) is 2. The summed E-state index contributed by atoms with van der Waals surface area (Å²) in [6, 6.07) is 0. The lowest BCUT2D eigenvalue weighted by molar-refractivity contribution is -0.254. The summed E-state index contributed by atoms with van der Waals surface area (Å²) in [5.41, 5.74) is 0. The van der Waals surface area contributed by atoms with Crippen LogP contribution in [0.15, 0.2) is 10.5 Å². The summed E-state index contributed by atoms with van der Waals surface area (Å²) >= 11 is 0. The maximum absolute atomic E-state index is 8.70. The Morgan fingerprint density at radius 1 is 1.36 bits per heavy atom. The molecule has 0 rings (SSSR count). The molecule has 0 aliphatic rings. The van der Waals surface area contributed by atoms with Gasteiger partial charge in [0.2, 0.25) is 0 Å². The molecule has 0 radical (unpaired) electrons. The second kappa shape index (κ2) is 8.71. The Bertz CT molecular complexity index is 153. The van der Waals surface area contributed by atoms with Crippen LogP contribution in [0.5, 0.6) is 0 Å². The van der Waals surface area contributed by atoms with Crippen LogP contribution in [0.1, 0.15) is 26.7 Å². The van der Waals surface area contributed by atoms with E-state index in [4.69, 9.17) is 10.4 Å². The van der Waals surface area contributed by atoms with Crippen molar-refractivity contribution in [2.45, 2.75) is 26.7 Å². The van der Waals surface area contributed by atoms with Crippen LogP contribution in [0.3, 0.4) is 0 Å².